The predicted octanol–water partition coefficient (Wildman–Crippen LogP) is 0.585. The van der Waals surface area contributed by atoms with Crippen molar-refractivity contribution in [2.75, 3.05) is 0 Å². The lowest BCUT2D eigenvalue weighted by Gasteiger charge is -1.80. The van der Waals surface area contributed by atoms with E-state index in [1.165, 1.54) is 12.3 Å². The number of carboxylic acids is 1. The van der Waals surface area contributed by atoms with Gasteiger partial charge < -0.3 is 10.1 Å². The Bertz CT molecular complexity index is 295. The number of H-pyrrole nitrogens is 1. The molecule has 2 N–H and O–H groups in total. The van der Waals surface area contributed by atoms with Crippen molar-refractivity contribution in [1.29, 1.82) is 5.26 Å². The van der Waals surface area contributed by atoms with Crippen LogP contribution in [0.5, 0.6) is 0 Å². The molecule has 1 aromatic rings. The zero-order chi connectivity index (χ0) is 7.56. The van der Waals surface area contributed by atoms with Crippen molar-refractivity contribution in [2.45, 2.75) is 0 Å². The second kappa shape index (κ2) is 2.23. The molecule has 0 aliphatic heterocycles. The molecular formula is C6H4N2O2. The molecule has 0 aliphatic carbocycles. The lowest BCUT2D eigenvalue weighted by Crippen LogP contribution is -1.94. The molecule has 1 heterocycles. The summed E-state index contributed by atoms with van der Waals surface area (Å²) in [6.45, 7) is 0. The highest BCUT2D eigenvalue weighted by Gasteiger charge is 2.03. The van der Waals surface area contributed by atoms with Crippen molar-refractivity contribution in [2.24, 2.45) is 0 Å². The van der Waals surface area contributed by atoms with Gasteiger partial charge in [-0.05, 0) is 6.07 Å². The zero-order valence-corrected chi connectivity index (χ0v) is 4.96. The van der Waals surface area contributed by atoms with Crippen LogP contribution in [0.15, 0.2) is 12.3 Å². The molecule has 0 aliphatic rings. The van der Waals surface area contributed by atoms with E-state index in [1.54, 1.807) is 0 Å². The van der Waals surface area contributed by atoms with Crippen LogP contribution < -0.4 is 0 Å². The lowest BCUT2D eigenvalue weighted by molar-refractivity contribution is 0.0691. The van der Waals surface area contributed by atoms with E-state index >= 15 is 0 Å². The molecule has 1 aromatic heterocycles. The molecule has 10 heavy (non-hydrogen) atoms. The molecule has 0 bridgehead atoms. The van der Waals surface area contributed by atoms with E-state index in [0.717, 1.165) is 0 Å². The first-order valence-corrected chi connectivity index (χ1v) is 2.56. The maximum absolute atomic E-state index is 10.2. The first-order valence-electron chi connectivity index (χ1n) is 2.56. The standard InChI is InChI=1S/C6H4N2O2/c7-2-4-1-5(6(9)10)8-3-4/h1,3,8H,(H,9,10). The quantitative estimate of drug-likeness (QED) is 0.592. The molecule has 50 valence electrons. The Kier molecular flexibility index (Phi) is 1.42. The van der Waals surface area contributed by atoms with Gasteiger partial charge in [0.2, 0.25) is 0 Å². The number of aromatic nitrogens is 1. The van der Waals surface area contributed by atoms with Crippen LogP contribution in [0.25, 0.3) is 0 Å². The summed E-state index contributed by atoms with van der Waals surface area (Å²) in [4.78, 5) is 12.6. The van der Waals surface area contributed by atoms with Crippen LogP contribution in [0.1, 0.15) is 16.1 Å². The van der Waals surface area contributed by atoms with Crippen LogP contribution in [0.4, 0.5) is 0 Å². The van der Waals surface area contributed by atoms with Gasteiger partial charge in [0.05, 0.1) is 5.56 Å². The second-order valence-electron chi connectivity index (χ2n) is 1.72. The van der Waals surface area contributed by atoms with Crippen LogP contribution in [0.2, 0.25) is 0 Å². The highest BCUT2D eigenvalue weighted by molar-refractivity contribution is 5.85. The molecule has 0 saturated heterocycles. The van der Waals surface area contributed by atoms with Gasteiger partial charge in [0.15, 0.2) is 0 Å². The topological polar surface area (TPSA) is 76.9 Å². The largest absolute Gasteiger partial charge is 0.477 e. The number of hydrogen-bond acceptors (Lipinski definition) is 2. The average Bonchev–Trinajstić information content (AvgIpc) is 2.34. The van der Waals surface area contributed by atoms with Crippen LogP contribution >= 0.6 is 0 Å². The summed E-state index contributed by atoms with van der Waals surface area (Å²) in [7, 11) is 0. The summed E-state index contributed by atoms with van der Waals surface area (Å²) in [6.07, 6.45) is 1.35. The van der Waals surface area contributed by atoms with Gasteiger partial charge in [0, 0.05) is 6.20 Å². The summed E-state index contributed by atoms with van der Waals surface area (Å²) in [5.41, 5.74) is 0.369. The van der Waals surface area contributed by atoms with Crippen molar-refractivity contribution < 1.29 is 9.90 Å². The fraction of sp³-hybridized carbons (Fsp3) is 0. The minimum absolute atomic E-state index is 0.0385. The highest BCUT2D eigenvalue weighted by Crippen LogP contribution is 2.00. The summed E-state index contributed by atoms with van der Waals surface area (Å²) in [5.74, 6) is -1.05. The van der Waals surface area contributed by atoms with E-state index in [1.807, 2.05) is 6.07 Å². The average molecular weight is 136 g/mol. The Labute approximate surface area is 56.7 Å². The second-order valence-corrected chi connectivity index (χ2v) is 1.72. The Morgan fingerprint density at radius 1 is 1.80 bits per heavy atom. The van der Waals surface area contributed by atoms with Crippen molar-refractivity contribution >= 4 is 5.97 Å². The Hall–Kier alpha value is -1.76. The number of hydrogen-bond donors (Lipinski definition) is 2. The Balaban J connectivity index is 3.02. The highest BCUT2D eigenvalue weighted by atomic mass is 16.4. The monoisotopic (exact) mass is 136 g/mol. The fourth-order valence-corrected chi connectivity index (χ4v) is 0.582. The van der Waals surface area contributed by atoms with Crippen molar-refractivity contribution in [3.8, 4) is 6.07 Å². The maximum Gasteiger partial charge on any atom is 0.352 e. The van der Waals surface area contributed by atoms with Gasteiger partial charge in [-0.25, -0.2) is 4.79 Å². The molecule has 0 aromatic carbocycles. The van der Waals surface area contributed by atoms with Crippen molar-refractivity contribution in [1.82, 2.24) is 4.98 Å². The van der Waals surface area contributed by atoms with E-state index in [9.17, 15) is 4.79 Å². The Morgan fingerprint density at radius 3 is 2.80 bits per heavy atom. The summed E-state index contributed by atoms with van der Waals surface area (Å²) in [5, 5.41) is 16.6. The molecule has 0 saturated carbocycles. The van der Waals surface area contributed by atoms with Crippen LogP contribution in [0.3, 0.4) is 0 Å². The first-order chi connectivity index (χ1) is 4.74. The fourth-order valence-electron chi connectivity index (χ4n) is 0.582. The van der Waals surface area contributed by atoms with Crippen LogP contribution in [-0.4, -0.2) is 16.1 Å². The number of rotatable bonds is 1. The number of nitrogens with zero attached hydrogens (tertiary/aromatic N) is 1. The molecule has 4 heteroatoms. The van der Waals surface area contributed by atoms with Gasteiger partial charge in [-0.2, -0.15) is 5.26 Å². The molecule has 0 unspecified atom stereocenters. The molecule has 0 amide bonds. The number of aromatic carboxylic acids is 1. The van der Waals surface area contributed by atoms with Gasteiger partial charge in [0.25, 0.3) is 0 Å². The van der Waals surface area contributed by atoms with Crippen LogP contribution in [0, 0.1) is 11.3 Å². The van der Waals surface area contributed by atoms with Gasteiger partial charge in [-0.15, -0.1) is 0 Å². The molecule has 0 spiro atoms. The van der Waals surface area contributed by atoms with E-state index in [0.29, 0.717) is 5.56 Å². The van der Waals surface area contributed by atoms with Crippen molar-refractivity contribution in [3.63, 3.8) is 0 Å². The van der Waals surface area contributed by atoms with E-state index in [2.05, 4.69) is 4.98 Å². The first kappa shape index (κ1) is 6.36. The molecular weight excluding hydrogens is 132 g/mol. The smallest absolute Gasteiger partial charge is 0.352 e. The van der Waals surface area contributed by atoms with Gasteiger partial charge in [-0.1, -0.05) is 0 Å². The molecule has 0 radical (unpaired) electrons. The number of nitrogens with one attached hydrogen (secondary N) is 1. The number of carboxylic acid groups (broad SMARTS) is 1. The SMILES string of the molecule is N#Cc1c[nH]c(C(=O)O)c1. The molecule has 0 fully saturated rings. The van der Waals surface area contributed by atoms with Gasteiger partial charge >= 0.3 is 5.97 Å². The summed E-state index contributed by atoms with van der Waals surface area (Å²) < 4.78 is 0. The number of aromatic amines is 1. The summed E-state index contributed by atoms with van der Waals surface area (Å²) in [6, 6.07) is 3.09. The lowest BCUT2D eigenvalue weighted by atomic mass is 10.3. The van der Waals surface area contributed by atoms with Gasteiger partial charge in [0.1, 0.15) is 11.8 Å². The normalized spacial score (nSPS) is 8.70. The maximum atomic E-state index is 10.2. The van der Waals surface area contributed by atoms with E-state index in [-0.39, 0.29) is 5.69 Å². The molecule has 1 rings (SSSR count). The molecule has 0 atom stereocenters. The van der Waals surface area contributed by atoms with Crippen LogP contribution in [-0.2, 0) is 0 Å². The van der Waals surface area contributed by atoms with E-state index < -0.39 is 5.97 Å². The zero-order valence-electron chi connectivity index (χ0n) is 4.96. The minimum Gasteiger partial charge on any atom is -0.477 e. The number of carbonyl (C=O) groups is 1. The summed E-state index contributed by atoms with van der Waals surface area (Å²) >= 11 is 0. The molecule has 4 nitrogen and oxygen atoms in total. The Morgan fingerprint density at radius 2 is 2.50 bits per heavy atom. The third kappa shape index (κ3) is 0.977. The minimum atomic E-state index is -1.05. The predicted molar refractivity (Wildman–Crippen MR) is 32.5 cm³/mol. The number of nitriles is 1. The van der Waals surface area contributed by atoms with E-state index in [4.69, 9.17) is 10.4 Å². The third-order valence-corrected chi connectivity index (χ3v) is 1.04. The third-order valence-electron chi connectivity index (χ3n) is 1.04. The van der Waals surface area contributed by atoms with Gasteiger partial charge in [-0.3, -0.25) is 0 Å². The van der Waals surface area contributed by atoms with Crippen molar-refractivity contribution in [3.05, 3.63) is 23.5 Å².